The zero-order valence-electron chi connectivity index (χ0n) is 19.3. The maximum absolute atomic E-state index is 13.4. The zero-order chi connectivity index (χ0) is 22.2. The Morgan fingerprint density at radius 3 is 2.68 bits per heavy atom. The second kappa shape index (κ2) is 6.97. The third-order valence-electron chi connectivity index (χ3n) is 9.19. The van der Waals surface area contributed by atoms with Gasteiger partial charge in [-0.25, -0.2) is 10.1 Å². The summed E-state index contributed by atoms with van der Waals surface area (Å²) in [7, 11) is 0. The van der Waals surface area contributed by atoms with E-state index in [0.717, 1.165) is 48.8 Å². The Labute approximate surface area is 185 Å². The van der Waals surface area contributed by atoms with Gasteiger partial charge in [-0.3, -0.25) is 9.59 Å². The molecule has 0 bridgehead atoms. The van der Waals surface area contributed by atoms with Crippen LogP contribution in [0.4, 0.5) is 0 Å². The van der Waals surface area contributed by atoms with Gasteiger partial charge in [-0.2, -0.15) is 0 Å². The lowest BCUT2D eigenvalue weighted by Gasteiger charge is -2.53. The highest BCUT2D eigenvalue weighted by Crippen LogP contribution is 2.69. The Hall–Kier alpha value is -1.56. The van der Waals surface area contributed by atoms with E-state index in [-0.39, 0.29) is 27.8 Å². The predicted molar refractivity (Wildman–Crippen MR) is 118 cm³/mol. The van der Waals surface area contributed by atoms with E-state index in [0.29, 0.717) is 31.7 Å². The Balaban J connectivity index is 1.65. The number of hydrogen-bond donors (Lipinski definition) is 1. The van der Waals surface area contributed by atoms with Crippen molar-refractivity contribution in [2.24, 2.45) is 22.2 Å². The van der Waals surface area contributed by atoms with E-state index < -0.39 is 11.5 Å². The van der Waals surface area contributed by atoms with Crippen LogP contribution in [-0.4, -0.2) is 24.2 Å². The van der Waals surface area contributed by atoms with E-state index in [9.17, 15) is 14.8 Å². The largest absolute Gasteiger partial charge is 0.599 e. The topological polar surface area (TPSA) is 70.9 Å². The van der Waals surface area contributed by atoms with E-state index in [2.05, 4.69) is 19.9 Å². The number of hydrogen-bond acceptors (Lipinski definition) is 4. The number of carbonyl (C=O) groups is 2. The molecule has 0 aromatic heterocycles. The molecule has 1 spiro atoms. The smallest absolute Gasteiger partial charge is 0.155 e. The molecular formula is C26H35NO4. The maximum Gasteiger partial charge on any atom is 0.155 e. The number of quaternary nitrogens is 1. The SMILES string of the molecule is CC(C)CO[NH+]([O-])C1CC2=CC(=O)CCC2(C)C2=C1C1=CCC3(C)CCC(=O)C13CC2. The minimum absolute atomic E-state index is 0.0239. The van der Waals surface area contributed by atoms with Crippen molar-refractivity contribution in [1.82, 2.24) is 0 Å². The van der Waals surface area contributed by atoms with Crippen LogP contribution in [0.15, 0.2) is 34.4 Å². The van der Waals surface area contributed by atoms with Gasteiger partial charge in [0, 0.05) is 30.3 Å². The molecule has 5 aliphatic rings. The zero-order valence-corrected chi connectivity index (χ0v) is 19.3. The van der Waals surface area contributed by atoms with Crippen molar-refractivity contribution >= 4 is 11.6 Å². The molecule has 1 saturated carbocycles. The molecule has 5 atom stereocenters. The highest BCUT2D eigenvalue weighted by Gasteiger charge is 2.65. The molecule has 5 rings (SSSR count). The highest BCUT2D eigenvalue weighted by molar-refractivity contribution is 5.95. The molecular weight excluding hydrogens is 390 g/mol. The fraction of sp³-hybridized carbons (Fsp3) is 0.692. The highest BCUT2D eigenvalue weighted by atomic mass is 16.9. The van der Waals surface area contributed by atoms with Gasteiger partial charge in [0.05, 0.1) is 5.41 Å². The molecule has 5 unspecified atom stereocenters. The van der Waals surface area contributed by atoms with Crippen LogP contribution in [0.25, 0.3) is 0 Å². The van der Waals surface area contributed by atoms with Crippen molar-refractivity contribution in [3.05, 3.63) is 39.7 Å². The van der Waals surface area contributed by atoms with Crippen LogP contribution in [0.1, 0.15) is 79.1 Å². The van der Waals surface area contributed by atoms with Gasteiger partial charge in [-0.05, 0) is 55.1 Å². The lowest BCUT2D eigenvalue weighted by atomic mass is 9.51. The van der Waals surface area contributed by atoms with Crippen molar-refractivity contribution in [2.75, 3.05) is 6.61 Å². The molecule has 0 aromatic carbocycles. The lowest BCUT2D eigenvalue weighted by molar-refractivity contribution is -1.07. The quantitative estimate of drug-likeness (QED) is 0.696. The van der Waals surface area contributed by atoms with Crippen LogP contribution >= 0.6 is 0 Å². The molecule has 1 fully saturated rings. The number of ketones is 2. The summed E-state index contributed by atoms with van der Waals surface area (Å²) in [6.45, 7) is 8.99. The lowest BCUT2D eigenvalue weighted by Crippen LogP contribution is -3.11. The van der Waals surface area contributed by atoms with E-state index in [4.69, 9.17) is 4.84 Å². The van der Waals surface area contributed by atoms with Crippen molar-refractivity contribution in [3.8, 4) is 0 Å². The summed E-state index contributed by atoms with van der Waals surface area (Å²) in [5.41, 5.74) is 4.00. The molecule has 0 saturated heterocycles. The standard InChI is InChI=1S/C26H35NO4/c1-16(2)15-31-27(30)21-14-17-13-18(28)5-11-25(17,4)19-7-12-26-20(23(19)21)6-9-24(26,3)10-8-22(26)29/h6,13,16,21,27H,5,7-12,14-15H2,1-4H3. The number of Topliss-reactive ketones (excluding diaryl/α,β-unsaturated/α-hetero) is 1. The van der Waals surface area contributed by atoms with Crippen molar-refractivity contribution in [2.45, 2.75) is 85.1 Å². The fourth-order valence-electron chi connectivity index (χ4n) is 7.36. The summed E-state index contributed by atoms with van der Waals surface area (Å²) in [5, 5.41) is 13.2. The van der Waals surface area contributed by atoms with Crippen molar-refractivity contribution < 1.29 is 19.7 Å². The van der Waals surface area contributed by atoms with Gasteiger partial charge in [0.25, 0.3) is 0 Å². The number of fused-ring (bicyclic) bond motifs is 3. The first-order chi connectivity index (χ1) is 14.6. The summed E-state index contributed by atoms with van der Waals surface area (Å²) in [6.07, 6.45) is 10.2. The maximum atomic E-state index is 13.4. The molecule has 1 N–H and O–H groups in total. The molecule has 0 radical (unpaired) electrons. The Morgan fingerprint density at radius 1 is 1.16 bits per heavy atom. The molecule has 5 aliphatic carbocycles. The van der Waals surface area contributed by atoms with E-state index in [1.54, 1.807) is 6.08 Å². The van der Waals surface area contributed by atoms with Gasteiger partial charge in [0.2, 0.25) is 0 Å². The molecule has 0 amide bonds. The summed E-state index contributed by atoms with van der Waals surface area (Å²) in [5.74, 6) is 0.798. The van der Waals surface area contributed by atoms with Crippen LogP contribution in [0.3, 0.4) is 0 Å². The molecule has 0 aliphatic heterocycles. The molecule has 31 heavy (non-hydrogen) atoms. The number of allylic oxidation sites excluding steroid dienone is 3. The first-order valence-electron chi connectivity index (χ1n) is 12.0. The minimum Gasteiger partial charge on any atom is -0.599 e. The average molecular weight is 426 g/mol. The van der Waals surface area contributed by atoms with Gasteiger partial charge in [-0.1, -0.05) is 44.9 Å². The Kier molecular flexibility index (Phi) is 4.79. The summed E-state index contributed by atoms with van der Waals surface area (Å²) >= 11 is 0. The fourth-order valence-corrected chi connectivity index (χ4v) is 7.36. The first-order valence-corrected chi connectivity index (χ1v) is 12.0. The van der Waals surface area contributed by atoms with Crippen molar-refractivity contribution in [3.63, 3.8) is 0 Å². The second-order valence-corrected chi connectivity index (χ2v) is 11.4. The van der Waals surface area contributed by atoms with Crippen LogP contribution in [0.5, 0.6) is 0 Å². The summed E-state index contributed by atoms with van der Waals surface area (Å²) in [4.78, 5) is 31.4. The number of nitrogens with one attached hydrogen (secondary N) is 1. The number of rotatable bonds is 4. The molecule has 168 valence electrons. The molecule has 5 nitrogen and oxygen atoms in total. The van der Waals surface area contributed by atoms with Crippen LogP contribution < -0.4 is 5.23 Å². The normalized spacial score (nSPS) is 40.3. The first kappa shape index (κ1) is 21.3. The second-order valence-electron chi connectivity index (χ2n) is 11.4. The molecule has 0 aromatic rings. The van der Waals surface area contributed by atoms with Gasteiger partial charge in [-0.15, -0.1) is 0 Å². The van der Waals surface area contributed by atoms with Crippen LogP contribution in [0.2, 0.25) is 0 Å². The summed E-state index contributed by atoms with van der Waals surface area (Å²) in [6, 6.07) is -0.404. The van der Waals surface area contributed by atoms with Crippen LogP contribution in [0, 0.1) is 27.4 Å². The average Bonchev–Trinajstić information content (AvgIpc) is 3.16. The molecule has 0 heterocycles. The van der Waals surface area contributed by atoms with E-state index in [1.165, 1.54) is 5.57 Å². The Bertz CT molecular complexity index is 943. The number of carbonyl (C=O) groups excluding carboxylic acids is 2. The third kappa shape index (κ3) is 2.79. The monoisotopic (exact) mass is 425 g/mol. The van der Waals surface area contributed by atoms with E-state index in [1.807, 2.05) is 13.8 Å². The van der Waals surface area contributed by atoms with Crippen LogP contribution in [-0.2, 0) is 14.4 Å². The number of hydroxylamine groups is 2. The summed E-state index contributed by atoms with van der Waals surface area (Å²) < 4.78 is 0. The van der Waals surface area contributed by atoms with Gasteiger partial charge >= 0.3 is 0 Å². The Morgan fingerprint density at radius 2 is 1.94 bits per heavy atom. The predicted octanol–water partition coefficient (Wildman–Crippen LogP) is 3.80. The minimum atomic E-state index is -0.426. The third-order valence-corrected chi connectivity index (χ3v) is 9.19. The van der Waals surface area contributed by atoms with Gasteiger partial charge in [0.1, 0.15) is 18.4 Å². The van der Waals surface area contributed by atoms with Crippen molar-refractivity contribution in [1.29, 1.82) is 0 Å². The van der Waals surface area contributed by atoms with Gasteiger partial charge in [0.15, 0.2) is 5.78 Å². The van der Waals surface area contributed by atoms with E-state index >= 15 is 0 Å². The molecule has 5 heteroatoms. The van der Waals surface area contributed by atoms with Gasteiger partial charge < -0.3 is 5.21 Å².